The molecule has 1 aromatic carbocycles. The highest BCUT2D eigenvalue weighted by Gasteiger charge is 2.23. The topological polar surface area (TPSA) is 66.8 Å². The van der Waals surface area contributed by atoms with E-state index in [2.05, 4.69) is 36.6 Å². The Labute approximate surface area is 116 Å². The predicted octanol–water partition coefficient (Wildman–Crippen LogP) is 2.17. The molecule has 0 aliphatic rings. The van der Waals surface area contributed by atoms with Gasteiger partial charge in [0.15, 0.2) is 0 Å². The Morgan fingerprint density at radius 1 is 1.41 bits per heavy atom. The van der Waals surface area contributed by atoms with Crippen LogP contribution in [0, 0.1) is 0 Å². The molecule has 0 spiro atoms. The van der Waals surface area contributed by atoms with Gasteiger partial charge in [-0.25, -0.2) is 0 Å². The van der Waals surface area contributed by atoms with E-state index in [1.54, 1.807) is 18.2 Å². The van der Waals surface area contributed by atoms with Crippen molar-refractivity contribution in [2.45, 2.75) is 18.6 Å². The number of carbonyl (C=O) groups excluding carboxylic acids is 1. The lowest BCUT2D eigenvalue weighted by atomic mass is 10.0. The smallest absolute Gasteiger partial charge is 0.308 e. The number of rotatable bonds is 4. The molecule has 6 heteroatoms. The molecule has 2 atom stereocenters. The van der Waals surface area contributed by atoms with E-state index in [1.165, 1.54) is 7.11 Å². The van der Waals surface area contributed by atoms with Crippen molar-refractivity contribution in [1.29, 1.82) is 0 Å². The van der Waals surface area contributed by atoms with Gasteiger partial charge in [0.1, 0.15) is 6.10 Å². The SMILES string of the molecule is COC(=O)CC(O)C(O)c1cc(Br)ccc1Br. The molecule has 0 radical (unpaired) electrons. The van der Waals surface area contributed by atoms with E-state index in [9.17, 15) is 15.0 Å². The maximum Gasteiger partial charge on any atom is 0.308 e. The van der Waals surface area contributed by atoms with Crippen molar-refractivity contribution in [2.75, 3.05) is 7.11 Å². The Morgan fingerprint density at radius 2 is 2.06 bits per heavy atom. The first-order valence-electron chi connectivity index (χ1n) is 4.83. The van der Waals surface area contributed by atoms with Crippen LogP contribution in [0.1, 0.15) is 18.1 Å². The van der Waals surface area contributed by atoms with Gasteiger partial charge in [0.05, 0.1) is 19.6 Å². The molecule has 0 saturated carbocycles. The average Bonchev–Trinajstić information content (AvgIpc) is 2.31. The maximum atomic E-state index is 11.0. The molecule has 0 saturated heterocycles. The lowest BCUT2D eigenvalue weighted by Gasteiger charge is -2.18. The van der Waals surface area contributed by atoms with Crippen molar-refractivity contribution < 1.29 is 19.7 Å². The third kappa shape index (κ3) is 4.06. The number of aliphatic hydroxyl groups excluding tert-OH is 2. The van der Waals surface area contributed by atoms with Crippen LogP contribution < -0.4 is 0 Å². The lowest BCUT2D eigenvalue weighted by molar-refractivity contribution is -0.144. The normalized spacial score (nSPS) is 14.2. The Bertz CT molecular complexity index is 408. The maximum absolute atomic E-state index is 11.0. The molecular formula is C11H12Br2O4. The second-order valence-electron chi connectivity index (χ2n) is 3.46. The Morgan fingerprint density at radius 3 is 2.65 bits per heavy atom. The van der Waals surface area contributed by atoms with Gasteiger partial charge >= 0.3 is 5.97 Å². The second kappa shape index (κ2) is 6.49. The van der Waals surface area contributed by atoms with Crippen molar-refractivity contribution in [3.63, 3.8) is 0 Å². The molecule has 0 aromatic heterocycles. The molecule has 0 bridgehead atoms. The number of hydrogen-bond donors (Lipinski definition) is 2. The molecule has 0 fully saturated rings. The molecular weight excluding hydrogens is 356 g/mol. The van der Waals surface area contributed by atoms with Gasteiger partial charge in [-0.05, 0) is 23.8 Å². The van der Waals surface area contributed by atoms with Crippen LogP contribution in [0.2, 0.25) is 0 Å². The van der Waals surface area contributed by atoms with Crippen molar-refractivity contribution >= 4 is 37.8 Å². The zero-order chi connectivity index (χ0) is 13.0. The van der Waals surface area contributed by atoms with Gasteiger partial charge in [-0.15, -0.1) is 0 Å². The van der Waals surface area contributed by atoms with Crippen LogP contribution in [0.5, 0.6) is 0 Å². The van der Waals surface area contributed by atoms with Crippen LogP contribution in [0.3, 0.4) is 0 Å². The lowest BCUT2D eigenvalue weighted by Crippen LogP contribution is -2.22. The average molecular weight is 368 g/mol. The first-order chi connectivity index (χ1) is 7.95. The second-order valence-corrected chi connectivity index (χ2v) is 5.23. The van der Waals surface area contributed by atoms with Gasteiger partial charge in [-0.3, -0.25) is 4.79 Å². The molecule has 2 unspecified atom stereocenters. The minimum atomic E-state index is -1.20. The summed E-state index contributed by atoms with van der Waals surface area (Å²) in [6.45, 7) is 0. The summed E-state index contributed by atoms with van der Waals surface area (Å²) in [4.78, 5) is 11.0. The fraction of sp³-hybridized carbons (Fsp3) is 0.364. The summed E-state index contributed by atoms with van der Waals surface area (Å²) in [6.07, 6.45) is -2.61. The van der Waals surface area contributed by atoms with E-state index in [-0.39, 0.29) is 6.42 Å². The highest BCUT2D eigenvalue weighted by atomic mass is 79.9. The number of aliphatic hydroxyl groups is 2. The molecule has 1 aromatic rings. The van der Waals surface area contributed by atoms with Crippen molar-refractivity contribution in [3.8, 4) is 0 Å². The molecule has 17 heavy (non-hydrogen) atoms. The van der Waals surface area contributed by atoms with Crippen LogP contribution >= 0.6 is 31.9 Å². The van der Waals surface area contributed by atoms with Gasteiger partial charge < -0.3 is 14.9 Å². The summed E-state index contributed by atoms with van der Waals surface area (Å²) in [6, 6.07) is 5.22. The molecule has 0 heterocycles. The first-order valence-corrected chi connectivity index (χ1v) is 6.42. The summed E-state index contributed by atoms with van der Waals surface area (Å²) in [5.74, 6) is -0.567. The van der Waals surface area contributed by atoms with Crippen molar-refractivity contribution in [2.24, 2.45) is 0 Å². The summed E-state index contributed by atoms with van der Waals surface area (Å²) in [7, 11) is 1.23. The van der Waals surface area contributed by atoms with Crippen molar-refractivity contribution in [1.82, 2.24) is 0 Å². The summed E-state index contributed by atoms with van der Waals surface area (Å²) in [5, 5.41) is 19.6. The molecule has 4 nitrogen and oxygen atoms in total. The van der Waals surface area contributed by atoms with Crippen LogP contribution in [0.4, 0.5) is 0 Å². The van der Waals surface area contributed by atoms with Crippen LogP contribution in [-0.2, 0) is 9.53 Å². The number of methoxy groups -OCH3 is 1. The van der Waals surface area contributed by atoms with E-state index in [4.69, 9.17) is 0 Å². The quantitative estimate of drug-likeness (QED) is 0.800. The van der Waals surface area contributed by atoms with Gasteiger partial charge in [-0.1, -0.05) is 31.9 Å². The van der Waals surface area contributed by atoms with Crippen LogP contribution in [0.15, 0.2) is 27.1 Å². The number of ether oxygens (including phenoxy) is 1. The number of carbonyl (C=O) groups is 1. The van der Waals surface area contributed by atoms with Gasteiger partial charge in [0.25, 0.3) is 0 Å². The largest absolute Gasteiger partial charge is 0.469 e. The molecule has 0 aliphatic heterocycles. The number of benzene rings is 1. The molecule has 0 aliphatic carbocycles. The van der Waals surface area contributed by atoms with Crippen molar-refractivity contribution in [3.05, 3.63) is 32.7 Å². The van der Waals surface area contributed by atoms with Crippen LogP contribution in [0.25, 0.3) is 0 Å². The fourth-order valence-corrected chi connectivity index (χ4v) is 2.17. The summed E-state index contributed by atoms with van der Waals surface area (Å²) in [5.41, 5.74) is 0.510. The van der Waals surface area contributed by atoms with E-state index in [0.29, 0.717) is 10.0 Å². The third-order valence-electron chi connectivity index (χ3n) is 2.24. The number of esters is 1. The zero-order valence-electron chi connectivity index (χ0n) is 9.06. The Balaban J connectivity index is 2.84. The zero-order valence-corrected chi connectivity index (χ0v) is 12.2. The van der Waals surface area contributed by atoms with Gasteiger partial charge in [0, 0.05) is 8.95 Å². The summed E-state index contributed by atoms with van der Waals surface area (Å²) < 4.78 is 5.87. The number of halogens is 2. The van der Waals surface area contributed by atoms with Gasteiger partial charge in [-0.2, -0.15) is 0 Å². The fourth-order valence-electron chi connectivity index (χ4n) is 1.31. The highest BCUT2D eigenvalue weighted by molar-refractivity contribution is 9.11. The third-order valence-corrected chi connectivity index (χ3v) is 3.46. The first kappa shape index (κ1) is 14.6. The molecule has 0 amide bonds. The predicted molar refractivity (Wildman–Crippen MR) is 69.4 cm³/mol. The molecule has 1 rings (SSSR count). The minimum absolute atomic E-state index is 0.253. The molecule has 94 valence electrons. The van der Waals surface area contributed by atoms with Gasteiger partial charge in [0.2, 0.25) is 0 Å². The monoisotopic (exact) mass is 366 g/mol. The highest BCUT2D eigenvalue weighted by Crippen LogP contribution is 2.29. The minimum Gasteiger partial charge on any atom is -0.469 e. The Kier molecular flexibility index (Phi) is 5.58. The standard InChI is InChI=1S/C11H12Br2O4/c1-17-10(15)5-9(14)11(16)7-4-6(12)2-3-8(7)13/h2-4,9,11,14,16H,5H2,1H3. The molecule has 2 N–H and O–H groups in total. The van der Waals surface area contributed by atoms with E-state index >= 15 is 0 Å². The summed E-state index contributed by atoms with van der Waals surface area (Å²) >= 11 is 6.55. The van der Waals surface area contributed by atoms with E-state index in [1.807, 2.05) is 0 Å². The van der Waals surface area contributed by atoms with E-state index in [0.717, 1.165) is 4.47 Å². The van der Waals surface area contributed by atoms with E-state index < -0.39 is 18.2 Å². The van der Waals surface area contributed by atoms with Crippen LogP contribution in [-0.4, -0.2) is 29.4 Å². The number of hydrogen-bond acceptors (Lipinski definition) is 4. The Hall–Kier alpha value is -0.430.